The summed E-state index contributed by atoms with van der Waals surface area (Å²) in [6.45, 7) is 2.37. The molecule has 0 aliphatic heterocycles. The van der Waals surface area contributed by atoms with Crippen molar-refractivity contribution in [3.05, 3.63) is 36.0 Å². The van der Waals surface area contributed by atoms with Crippen molar-refractivity contribution in [2.75, 3.05) is 0 Å². The number of rotatable bonds is 0. The standard InChI is InChI=1S/C15H18O/c1-15-8-3-2-4-14(15)13-6-5-12(16)10-11(13)7-9-15/h2-3,7,9-10,13-14H,4-6,8H2,1H3/t13-,14+,15-/m1/s1. The molecule has 0 aromatic heterocycles. The van der Waals surface area contributed by atoms with Gasteiger partial charge in [0.25, 0.3) is 0 Å². The molecule has 0 amide bonds. The van der Waals surface area contributed by atoms with Crippen LogP contribution in [0.4, 0.5) is 0 Å². The van der Waals surface area contributed by atoms with E-state index in [2.05, 4.69) is 31.2 Å². The van der Waals surface area contributed by atoms with Gasteiger partial charge in [-0.25, -0.2) is 0 Å². The Morgan fingerprint density at radius 3 is 3.12 bits per heavy atom. The third-order valence-corrected chi connectivity index (χ3v) is 4.56. The molecule has 0 bridgehead atoms. The van der Waals surface area contributed by atoms with Gasteiger partial charge < -0.3 is 0 Å². The molecule has 3 aliphatic carbocycles. The summed E-state index contributed by atoms with van der Waals surface area (Å²) in [7, 11) is 0. The summed E-state index contributed by atoms with van der Waals surface area (Å²) < 4.78 is 0. The molecule has 0 unspecified atom stereocenters. The smallest absolute Gasteiger partial charge is 0.155 e. The van der Waals surface area contributed by atoms with Crippen LogP contribution >= 0.6 is 0 Å². The molecule has 16 heavy (non-hydrogen) atoms. The molecule has 1 nitrogen and oxygen atoms in total. The highest BCUT2D eigenvalue weighted by Crippen LogP contribution is 2.51. The van der Waals surface area contributed by atoms with Crippen LogP contribution in [0.15, 0.2) is 36.0 Å². The van der Waals surface area contributed by atoms with E-state index >= 15 is 0 Å². The third-order valence-electron chi connectivity index (χ3n) is 4.56. The molecule has 3 rings (SSSR count). The summed E-state index contributed by atoms with van der Waals surface area (Å²) in [6, 6.07) is 0. The van der Waals surface area contributed by atoms with Gasteiger partial charge in [0.15, 0.2) is 5.78 Å². The first kappa shape index (κ1) is 10.1. The van der Waals surface area contributed by atoms with E-state index in [1.54, 1.807) is 0 Å². The fraction of sp³-hybridized carbons (Fsp3) is 0.533. The van der Waals surface area contributed by atoms with Crippen LogP contribution in [0, 0.1) is 17.3 Å². The Kier molecular flexibility index (Phi) is 2.17. The summed E-state index contributed by atoms with van der Waals surface area (Å²) in [4.78, 5) is 11.4. The fourth-order valence-corrected chi connectivity index (χ4v) is 3.54. The predicted molar refractivity (Wildman–Crippen MR) is 64.9 cm³/mol. The van der Waals surface area contributed by atoms with Crippen LogP contribution in [0.5, 0.6) is 0 Å². The molecular weight excluding hydrogens is 196 g/mol. The largest absolute Gasteiger partial charge is 0.295 e. The van der Waals surface area contributed by atoms with Crippen LogP contribution < -0.4 is 0 Å². The van der Waals surface area contributed by atoms with E-state index in [0.717, 1.165) is 19.3 Å². The lowest BCUT2D eigenvalue weighted by molar-refractivity contribution is -0.115. The van der Waals surface area contributed by atoms with Crippen molar-refractivity contribution >= 4 is 5.78 Å². The van der Waals surface area contributed by atoms with E-state index in [1.807, 2.05) is 6.08 Å². The number of fused-ring (bicyclic) bond motifs is 3. The van der Waals surface area contributed by atoms with Gasteiger partial charge in [-0.15, -0.1) is 0 Å². The number of carbonyl (C=O) groups excluding carboxylic acids is 1. The molecule has 0 N–H and O–H groups in total. The maximum atomic E-state index is 11.4. The van der Waals surface area contributed by atoms with E-state index in [9.17, 15) is 4.79 Å². The first-order valence-electron chi connectivity index (χ1n) is 6.28. The normalized spacial score (nSPS) is 41.3. The van der Waals surface area contributed by atoms with Crippen molar-refractivity contribution in [2.24, 2.45) is 17.3 Å². The van der Waals surface area contributed by atoms with Gasteiger partial charge >= 0.3 is 0 Å². The summed E-state index contributed by atoms with van der Waals surface area (Å²) in [5, 5.41) is 0. The molecule has 3 atom stereocenters. The first-order valence-corrected chi connectivity index (χ1v) is 6.28. The number of ketones is 1. The van der Waals surface area contributed by atoms with Gasteiger partial charge in [0.2, 0.25) is 0 Å². The first-order chi connectivity index (χ1) is 7.69. The van der Waals surface area contributed by atoms with Crippen molar-refractivity contribution < 1.29 is 4.79 Å². The molecule has 0 fully saturated rings. The monoisotopic (exact) mass is 214 g/mol. The zero-order valence-electron chi connectivity index (χ0n) is 9.78. The van der Waals surface area contributed by atoms with Crippen molar-refractivity contribution in [3.63, 3.8) is 0 Å². The van der Waals surface area contributed by atoms with Gasteiger partial charge in [0, 0.05) is 6.42 Å². The predicted octanol–water partition coefficient (Wildman–Crippen LogP) is 3.43. The van der Waals surface area contributed by atoms with Gasteiger partial charge in [-0.3, -0.25) is 4.79 Å². The molecular formula is C15H18O. The Morgan fingerprint density at radius 2 is 2.25 bits per heavy atom. The minimum absolute atomic E-state index is 0.311. The number of hydrogen-bond acceptors (Lipinski definition) is 1. The average Bonchev–Trinajstić information content (AvgIpc) is 2.28. The average molecular weight is 214 g/mol. The summed E-state index contributed by atoms with van der Waals surface area (Å²) >= 11 is 0. The van der Waals surface area contributed by atoms with Gasteiger partial charge in [-0.05, 0) is 48.2 Å². The molecule has 0 heterocycles. The highest BCUT2D eigenvalue weighted by Gasteiger charge is 2.42. The Balaban J connectivity index is 2.02. The number of allylic oxidation sites excluding steroid dienone is 6. The molecule has 84 valence electrons. The van der Waals surface area contributed by atoms with E-state index in [-0.39, 0.29) is 0 Å². The molecule has 0 saturated heterocycles. The van der Waals surface area contributed by atoms with E-state index < -0.39 is 0 Å². The quantitative estimate of drug-likeness (QED) is 0.565. The van der Waals surface area contributed by atoms with E-state index in [4.69, 9.17) is 0 Å². The molecule has 0 saturated carbocycles. The third kappa shape index (κ3) is 1.41. The Morgan fingerprint density at radius 1 is 1.38 bits per heavy atom. The SMILES string of the molecule is C[C@@]12C=CC3=CC(=O)CC[C@H]3[C@@H]1CC=CC2. The van der Waals surface area contributed by atoms with E-state index in [1.165, 1.54) is 12.0 Å². The fourth-order valence-electron chi connectivity index (χ4n) is 3.54. The second kappa shape index (κ2) is 3.44. The Labute approximate surface area is 96.9 Å². The zero-order chi connectivity index (χ0) is 11.2. The maximum absolute atomic E-state index is 11.4. The van der Waals surface area contributed by atoms with Crippen LogP contribution in [0.2, 0.25) is 0 Å². The van der Waals surface area contributed by atoms with E-state index in [0.29, 0.717) is 23.0 Å². The summed E-state index contributed by atoms with van der Waals surface area (Å²) in [5.41, 5.74) is 1.62. The lowest BCUT2D eigenvalue weighted by Gasteiger charge is -2.46. The van der Waals surface area contributed by atoms with Gasteiger partial charge in [-0.1, -0.05) is 31.2 Å². The zero-order valence-corrected chi connectivity index (χ0v) is 9.78. The topological polar surface area (TPSA) is 17.1 Å². The van der Waals surface area contributed by atoms with Crippen LogP contribution in [0.1, 0.15) is 32.6 Å². The van der Waals surface area contributed by atoms with Gasteiger partial charge in [0.05, 0.1) is 0 Å². The molecule has 0 aromatic carbocycles. The molecule has 1 heteroatoms. The van der Waals surface area contributed by atoms with Crippen molar-refractivity contribution in [1.82, 2.24) is 0 Å². The Hall–Kier alpha value is -1.11. The summed E-state index contributed by atoms with van der Waals surface area (Å²) in [5.74, 6) is 1.64. The lowest BCUT2D eigenvalue weighted by atomic mass is 9.58. The number of hydrogen-bond donors (Lipinski definition) is 0. The van der Waals surface area contributed by atoms with Crippen LogP contribution in [-0.2, 0) is 4.79 Å². The highest BCUT2D eigenvalue weighted by molar-refractivity contribution is 5.92. The molecule has 0 spiro atoms. The summed E-state index contributed by atoms with van der Waals surface area (Å²) in [6.07, 6.45) is 15.2. The van der Waals surface area contributed by atoms with Crippen molar-refractivity contribution in [3.8, 4) is 0 Å². The van der Waals surface area contributed by atoms with Crippen LogP contribution in [-0.4, -0.2) is 5.78 Å². The van der Waals surface area contributed by atoms with Crippen molar-refractivity contribution in [1.29, 1.82) is 0 Å². The maximum Gasteiger partial charge on any atom is 0.155 e. The number of carbonyl (C=O) groups is 1. The van der Waals surface area contributed by atoms with Crippen molar-refractivity contribution in [2.45, 2.75) is 32.6 Å². The van der Waals surface area contributed by atoms with Gasteiger partial charge in [-0.2, -0.15) is 0 Å². The lowest BCUT2D eigenvalue weighted by Crippen LogP contribution is -2.37. The second-order valence-electron chi connectivity index (χ2n) is 5.61. The molecule has 0 aromatic rings. The van der Waals surface area contributed by atoms with Crippen LogP contribution in [0.25, 0.3) is 0 Å². The Bertz CT molecular complexity index is 413. The second-order valence-corrected chi connectivity index (χ2v) is 5.61. The molecule has 0 radical (unpaired) electrons. The van der Waals surface area contributed by atoms with Crippen LogP contribution in [0.3, 0.4) is 0 Å². The molecule has 3 aliphatic rings. The minimum atomic E-state index is 0.311. The van der Waals surface area contributed by atoms with Gasteiger partial charge in [0.1, 0.15) is 0 Å². The minimum Gasteiger partial charge on any atom is -0.295 e. The highest BCUT2D eigenvalue weighted by atomic mass is 16.1.